The molecule has 1 aromatic carbocycles. The molecule has 1 fully saturated rings. The van der Waals surface area contributed by atoms with E-state index in [4.69, 9.17) is 16.7 Å². The van der Waals surface area contributed by atoms with E-state index in [1.165, 1.54) is 0 Å². The second-order valence-corrected chi connectivity index (χ2v) is 4.81. The maximum atomic E-state index is 11.0. The number of halogens is 1. The van der Waals surface area contributed by atoms with E-state index in [1.807, 2.05) is 6.07 Å². The minimum atomic E-state index is 0.191. The van der Waals surface area contributed by atoms with Gasteiger partial charge in [0.2, 0.25) is 0 Å². The molecule has 5 heteroatoms. The lowest BCUT2D eigenvalue weighted by Crippen LogP contribution is -2.47. The van der Waals surface area contributed by atoms with Crippen molar-refractivity contribution in [3.8, 4) is 0 Å². The quantitative estimate of drug-likeness (QED) is 0.836. The molecule has 0 spiro atoms. The predicted octanol–water partition coefficient (Wildman–Crippen LogP) is 1.27. The van der Waals surface area contributed by atoms with Crippen molar-refractivity contribution < 1.29 is 9.90 Å². The van der Waals surface area contributed by atoms with Gasteiger partial charge in [0.1, 0.15) is 0 Å². The monoisotopic (exact) mass is 268 g/mol. The van der Waals surface area contributed by atoms with E-state index < -0.39 is 0 Å². The minimum absolute atomic E-state index is 0.191. The summed E-state index contributed by atoms with van der Waals surface area (Å²) in [6.07, 6.45) is 0.867. The first-order valence-corrected chi connectivity index (χ1v) is 6.45. The molecule has 0 atom stereocenters. The second kappa shape index (κ2) is 6.18. The maximum Gasteiger partial charge on any atom is 0.152 e. The number of piperazine rings is 1. The summed E-state index contributed by atoms with van der Waals surface area (Å²) >= 11 is 5.99. The molecule has 1 saturated heterocycles. The van der Waals surface area contributed by atoms with Crippen molar-refractivity contribution in [2.45, 2.75) is 0 Å². The van der Waals surface area contributed by atoms with Crippen LogP contribution < -0.4 is 4.90 Å². The summed E-state index contributed by atoms with van der Waals surface area (Å²) in [4.78, 5) is 15.4. The Morgan fingerprint density at radius 1 is 1.28 bits per heavy atom. The van der Waals surface area contributed by atoms with Crippen molar-refractivity contribution in [3.63, 3.8) is 0 Å². The van der Waals surface area contributed by atoms with Crippen molar-refractivity contribution in [1.29, 1.82) is 0 Å². The van der Waals surface area contributed by atoms with Crippen LogP contribution in [0.2, 0.25) is 5.02 Å². The Labute approximate surface area is 112 Å². The Hall–Kier alpha value is -1.10. The number of β-amino-alcohol motifs (C(OH)–C–C–N with tert-alkyl or cyclic N) is 1. The molecule has 0 saturated carbocycles. The number of hydrogen-bond donors (Lipinski definition) is 1. The third kappa shape index (κ3) is 3.02. The topological polar surface area (TPSA) is 43.8 Å². The Morgan fingerprint density at radius 2 is 2.00 bits per heavy atom. The highest BCUT2D eigenvalue weighted by Crippen LogP contribution is 2.24. The molecule has 1 aliphatic heterocycles. The first kappa shape index (κ1) is 13.3. The van der Waals surface area contributed by atoms with Crippen LogP contribution in [0.15, 0.2) is 18.2 Å². The molecule has 1 N–H and O–H groups in total. The highest BCUT2D eigenvalue weighted by atomic mass is 35.5. The highest BCUT2D eigenvalue weighted by molar-refractivity contribution is 6.31. The first-order chi connectivity index (χ1) is 8.74. The third-order valence-electron chi connectivity index (χ3n) is 3.25. The number of aliphatic hydroxyl groups is 1. The molecule has 0 unspecified atom stereocenters. The minimum Gasteiger partial charge on any atom is -0.395 e. The molecule has 0 radical (unpaired) electrons. The second-order valence-electron chi connectivity index (χ2n) is 4.37. The Bertz CT molecular complexity index is 417. The van der Waals surface area contributed by atoms with Crippen LogP contribution in [-0.2, 0) is 0 Å². The lowest BCUT2D eigenvalue weighted by Gasteiger charge is -2.36. The number of nitrogens with zero attached hydrogens (tertiary/aromatic N) is 2. The van der Waals surface area contributed by atoms with Gasteiger partial charge >= 0.3 is 0 Å². The summed E-state index contributed by atoms with van der Waals surface area (Å²) < 4.78 is 0. The number of carbonyl (C=O) groups excluding carboxylic acids is 1. The van der Waals surface area contributed by atoms with Crippen molar-refractivity contribution in [2.75, 3.05) is 44.2 Å². The molecular weight excluding hydrogens is 252 g/mol. The lowest BCUT2D eigenvalue weighted by molar-refractivity contribution is 0.112. The fourth-order valence-corrected chi connectivity index (χ4v) is 2.41. The van der Waals surface area contributed by atoms with E-state index in [2.05, 4.69) is 9.80 Å². The molecular formula is C13H17ClN2O2. The zero-order valence-electron chi connectivity index (χ0n) is 10.2. The Morgan fingerprint density at radius 3 is 2.61 bits per heavy atom. The van der Waals surface area contributed by atoms with E-state index in [-0.39, 0.29) is 6.61 Å². The Kier molecular flexibility index (Phi) is 4.58. The van der Waals surface area contributed by atoms with Crippen LogP contribution >= 0.6 is 11.6 Å². The van der Waals surface area contributed by atoms with E-state index >= 15 is 0 Å². The summed E-state index contributed by atoms with van der Waals surface area (Å²) in [6, 6.07) is 5.33. The molecule has 0 aromatic heterocycles. The van der Waals surface area contributed by atoms with Gasteiger partial charge in [0, 0.05) is 49.0 Å². The predicted molar refractivity (Wildman–Crippen MR) is 72.6 cm³/mol. The van der Waals surface area contributed by atoms with Crippen LogP contribution in [0, 0.1) is 0 Å². The van der Waals surface area contributed by atoms with Gasteiger partial charge in [-0.2, -0.15) is 0 Å². The van der Waals surface area contributed by atoms with Gasteiger partial charge in [-0.3, -0.25) is 9.69 Å². The van der Waals surface area contributed by atoms with Crippen LogP contribution in [0.1, 0.15) is 10.4 Å². The van der Waals surface area contributed by atoms with Gasteiger partial charge in [-0.15, -0.1) is 0 Å². The largest absolute Gasteiger partial charge is 0.395 e. The fourth-order valence-electron chi connectivity index (χ4n) is 2.24. The number of carbonyl (C=O) groups is 1. The molecule has 1 aromatic rings. The fraction of sp³-hybridized carbons (Fsp3) is 0.462. The van der Waals surface area contributed by atoms with Crippen molar-refractivity contribution in [3.05, 3.63) is 28.8 Å². The average molecular weight is 269 g/mol. The van der Waals surface area contributed by atoms with Crippen molar-refractivity contribution >= 4 is 23.6 Å². The van der Waals surface area contributed by atoms with E-state index in [1.54, 1.807) is 12.1 Å². The first-order valence-electron chi connectivity index (χ1n) is 6.07. The number of hydrogen-bond acceptors (Lipinski definition) is 4. The van der Waals surface area contributed by atoms with Gasteiger partial charge < -0.3 is 10.0 Å². The normalized spacial score (nSPS) is 16.9. The van der Waals surface area contributed by atoms with Gasteiger partial charge in [-0.1, -0.05) is 11.6 Å². The van der Waals surface area contributed by atoms with E-state index in [0.717, 1.165) is 38.2 Å². The average Bonchev–Trinajstić information content (AvgIpc) is 2.40. The van der Waals surface area contributed by atoms with Crippen molar-refractivity contribution in [2.24, 2.45) is 0 Å². The number of aliphatic hydroxyl groups excluding tert-OH is 1. The molecule has 0 bridgehead atoms. The zero-order chi connectivity index (χ0) is 13.0. The number of benzene rings is 1. The smallest absolute Gasteiger partial charge is 0.152 e. The van der Waals surface area contributed by atoms with Gasteiger partial charge in [-0.05, 0) is 18.2 Å². The standard InChI is InChI=1S/C13H17ClN2O2/c14-12-2-1-11(10-18)13(9-12)16-5-3-15(4-6-16)7-8-17/h1-2,9-10,17H,3-8H2. The molecule has 18 heavy (non-hydrogen) atoms. The summed E-state index contributed by atoms with van der Waals surface area (Å²) in [5.41, 5.74) is 1.58. The third-order valence-corrected chi connectivity index (χ3v) is 3.48. The van der Waals surface area contributed by atoms with Crippen molar-refractivity contribution in [1.82, 2.24) is 4.90 Å². The number of aldehydes is 1. The van der Waals surface area contributed by atoms with Crippen LogP contribution in [-0.4, -0.2) is 55.6 Å². The van der Waals surface area contributed by atoms with Crippen LogP contribution in [0.5, 0.6) is 0 Å². The summed E-state index contributed by atoms with van der Waals surface area (Å²) in [6.45, 7) is 4.39. The lowest BCUT2D eigenvalue weighted by atomic mass is 10.1. The zero-order valence-corrected chi connectivity index (χ0v) is 10.9. The van der Waals surface area contributed by atoms with Crippen LogP contribution in [0.4, 0.5) is 5.69 Å². The molecule has 1 aliphatic rings. The molecule has 0 amide bonds. The molecule has 1 heterocycles. The molecule has 0 aliphatic carbocycles. The van der Waals surface area contributed by atoms with Crippen LogP contribution in [0.3, 0.4) is 0 Å². The van der Waals surface area contributed by atoms with Crippen LogP contribution in [0.25, 0.3) is 0 Å². The Balaban J connectivity index is 2.09. The SMILES string of the molecule is O=Cc1ccc(Cl)cc1N1CCN(CCO)CC1. The maximum absolute atomic E-state index is 11.0. The number of anilines is 1. The number of rotatable bonds is 4. The van der Waals surface area contributed by atoms with E-state index in [0.29, 0.717) is 17.1 Å². The van der Waals surface area contributed by atoms with Gasteiger partial charge in [0.15, 0.2) is 6.29 Å². The van der Waals surface area contributed by atoms with Gasteiger partial charge in [0.05, 0.1) is 6.61 Å². The summed E-state index contributed by atoms with van der Waals surface area (Å²) in [5.74, 6) is 0. The molecule has 98 valence electrons. The molecule has 2 rings (SSSR count). The van der Waals surface area contributed by atoms with Gasteiger partial charge in [-0.25, -0.2) is 0 Å². The summed E-state index contributed by atoms with van der Waals surface area (Å²) in [5, 5.41) is 9.55. The summed E-state index contributed by atoms with van der Waals surface area (Å²) in [7, 11) is 0. The molecule has 4 nitrogen and oxygen atoms in total. The van der Waals surface area contributed by atoms with E-state index in [9.17, 15) is 4.79 Å². The highest BCUT2D eigenvalue weighted by Gasteiger charge is 2.18. The van der Waals surface area contributed by atoms with Gasteiger partial charge in [0.25, 0.3) is 0 Å².